The Labute approximate surface area is 191 Å². The monoisotopic (exact) mass is 440 g/mol. The number of carbonyl (C=O) groups is 1. The minimum Gasteiger partial charge on any atom is -0.351 e. The van der Waals surface area contributed by atoms with Crippen molar-refractivity contribution in [3.8, 4) is 0 Å². The molecule has 3 aromatic carbocycles. The van der Waals surface area contributed by atoms with E-state index in [0.29, 0.717) is 13.1 Å². The molecule has 32 heavy (non-hydrogen) atoms. The molecule has 1 amide bonds. The normalized spacial score (nSPS) is 11.6. The number of carbonyl (C=O) groups excluding carboxylic acids is 1. The second-order valence-corrected chi connectivity index (χ2v) is 8.60. The molecule has 0 bridgehead atoms. The third-order valence-corrected chi connectivity index (χ3v) is 6.35. The highest BCUT2D eigenvalue weighted by atomic mass is 32.2. The van der Waals surface area contributed by atoms with Gasteiger partial charge >= 0.3 is 0 Å². The molecule has 1 atom stereocenters. The molecular formula is C27H24N2O2S. The highest BCUT2D eigenvalue weighted by molar-refractivity contribution is 8.00. The Hall–Kier alpha value is -3.57. The van der Waals surface area contributed by atoms with E-state index in [1.165, 1.54) is 0 Å². The van der Waals surface area contributed by atoms with E-state index in [9.17, 15) is 9.59 Å². The van der Waals surface area contributed by atoms with Gasteiger partial charge in [-0.05, 0) is 34.9 Å². The molecule has 1 aromatic heterocycles. The van der Waals surface area contributed by atoms with Crippen molar-refractivity contribution >= 4 is 17.7 Å². The summed E-state index contributed by atoms with van der Waals surface area (Å²) in [5.74, 6) is -0.0232. The summed E-state index contributed by atoms with van der Waals surface area (Å²) in [7, 11) is 0. The number of aromatic nitrogens is 1. The molecule has 0 aliphatic rings. The molecule has 0 aliphatic carbocycles. The van der Waals surface area contributed by atoms with Crippen LogP contribution >= 0.6 is 11.8 Å². The van der Waals surface area contributed by atoms with Gasteiger partial charge in [-0.25, -0.2) is 0 Å². The molecule has 0 saturated carbocycles. The van der Waals surface area contributed by atoms with Gasteiger partial charge in [0.15, 0.2) is 0 Å². The summed E-state index contributed by atoms with van der Waals surface area (Å²) in [6.07, 6.45) is 1.78. The van der Waals surface area contributed by atoms with Gasteiger partial charge in [-0.3, -0.25) is 9.59 Å². The number of pyridine rings is 1. The average molecular weight is 441 g/mol. The predicted octanol–water partition coefficient (Wildman–Crippen LogP) is 5.05. The van der Waals surface area contributed by atoms with Crippen LogP contribution in [0.25, 0.3) is 0 Å². The second kappa shape index (κ2) is 10.6. The summed E-state index contributed by atoms with van der Waals surface area (Å²) in [5.41, 5.74) is 3.00. The van der Waals surface area contributed by atoms with Gasteiger partial charge in [0, 0.05) is 23.7 Å². The summed E-state index contributed by atoms with van der Waals surface area (Å²) < 4.78 is 1.67. The van der Waals surface area contributed by atoms with Gasteiger partial charge in [0.1, 0.15) is 5.25 Å². The number of amides is 1. The van der Waals surface area contributed by atoms with Crippen LogP contribution in [-0.2, 0) is 17.9 Å². The zero-order valence-electron chi connectivity index (χ0n) is 17.6. The van der Waals surface area contributed by atoms with Crippen LogP contribution in [0, 0.1) is 0 Å². The van der Waals surface area contributed by atoms with Gasteiger partial charge in [0.2, 0.25) is 5.91 Å². The number of nitrogens with zero attached hydrogens (tertiary/aromatic N) is 1. The lowest BCUT2D eigenvalue weighted by Crippen LogP contribution is -2.27. The number of benzene rings is 3. The molecule has 1 heterocycles. The van der Waals surface area contributed by atoms with Gasteiger partial charge in [-0.15, -0.1) is 11.8 Å². The summed E-state index contributed by atoms with van der Waals surface area (Å²) in [6, 6.07) is 32.9. The fourth-order valence-corrected chi connectivity index (χ4v) is 4.44. The second-order valence-electron chi connectivity index (χ2n) is 7.42. The zero-order valence-corrected chi connectivity index (χ0v) is 18.4. The molecule has 4 aromatic rings. The number of thioether (sulfide) groups is 1. The predicted molar refractivity (Wildman–Crippen MR) is 130 cm³/mol. The molecule has 0 aliphatic heterocycles. The van der Waals surface area contributed by atoms with Gasteiger partial charge < -0.3 is 9.88 Å². The fourth-order valence-electron chi connectivity index (χ4n) is 3.37. The van der Waals surface area contributed by atoms with Crippen molar-refractivity contribution in [2.45, 2.75) is 23.2 Å². The van der Waals surface area contributed by atoms with E-state index >= 15 is 0 Å². The van der Waals surface area contributed by atoms with Crippen molar-refractivity contribution in [3.63, 3.8) is 0 Å². The van der Waals surface area contributed by atoms with Crippen molar-refractivity contribution < 1.29 is 4.79 Å². The maximum atomic E-state index is 13.1. The Kier molecular flexibility index (Phi) is 7.20. The van der Waals surface area contributed by atoms with Crippen LogP contribution < -0.4 is 10.9 Å². The first-order valence-electron chi connectivity index (χ1n) is 10.5. The lowest BCUT2D eigenvalue weighted by molar-refractivity contribution is -0.120. The van der Waals surface area contributed by atoms with Crippen LogP contribution in [0.15, 0.2) is 119 Å². The number of nitrogens with one attached hydrogen (secondary N) is 1. The quantitative estimate of drug-likeness (QED) is 0.390. The van der Waals surface area contributed by atoms with Gasteiger partial charge in [0.25, 0.3) is 5.56 Å². The standard InChI is InChI=1S/C27H24N2O2S/c30-25-13-7-8-18-29(25)20-22-16-14-21(15-17-22)19-28-27(31)26(23-9-3-1-4-10-23)32-24-11-5-2-6-12-24/h1-18,26H,19-20H2,(H,28,31)/t26-/m1/s1. The Morgan fingerprint density at radius 2 is 1.41 bits per heavy atom. The van der Waals surface area contributed by atoms with E-state index in [-0.39, 0.29) is 16.7 Å². The van der Waals surface area contributed by atoms with E-state index in [0.717, 1.165) is 21.6 Å². The molecule has 0 spiro atoms. The first-order chi connectivity index (χ1) is 15.7. The van der Waals surface area contributed by atoms with Gasteiger partial charge in [-0.2, -0.15) is 0 Å². The fraction of sp³-hybridized carbons (Fsp3) is 0.111. The molecule has 0 unspecified atom stereocenters. The van der Waals surface area contributed by atoms with Crippen LogP contribution in [0.4, 0.5) is 0 Å². The molecule has 1 N–H and O–H groups in total. The van der Waals surface area contributed by atoms with Crippen LogP contribution in [-0.4, -0.2) is 10.5 Å². The van der Waals surface area contributed by atoms with E-state index in [4.69, 9.17) is 0 Å². The summed E-state index contributed by atoms with van der Waals surface area (Å²) in [4.78, 5) is 26.0. The van der Waals surface area contributed by atoms with Crippen LogP contribution in [0.5, 0.6) is 0 Å². The molecule has 160 valence electrons. The molecule has 0 fully saturated rings. The van der Waals surface area contributed by atoms with Crippen LogP contribution in [0.2, 0.25) is 0 Å². The van der Waals surface area contributed by atoms with E-state index in [1.54, 1.807) is 34.7 Å². The molecule has 5 heteroatoms. The lowest BCUT2D eigenvalue weighted by Gasteiger charge is -2.17. The summed E-state index contributed by atoms with van der Waals surface area (Å²) in [5, 5.41) is 2.75. The lowest BCUT2D eigenvalue weighted by atomic mass is 10.1. The van der Waals surface area contributed by atoms with Crippen LogP contribution in [0.1, 0.15) is 21.9 Å². The highest BCUT2D eigenvalue weighted by Crippen LogP contribution is 2.35. The maximum Gasteiger partial charge on any atom is 0.250 e. The van der Waals surface area contributed by atoms with E-state index in [2.05, 4.69) is 5.32 Å². The molecule has 4 rings (SSSR count). The molecule has 0 radical (unpaired) electrons. The molecule has 4 nitrogen and oxygen atoms in total. The zero-order chi connectivity index (χ0) is 22.2. The van der Waals surface area contributed by atoms with E-state index in [1.807, 2.05) is 91.0 Å². The van der Waals surface area contributed by atoms with Crippen molar-refractivity contribution in [1.82, 2.24) is 9.88 Å². The Bertz CT molecular complexity index is 1210. The van der Waals surface area contributed by atoms with Gasteiger partial charge in [0.05, 0.1) is 6.54 Å². The third kappa shape index (κ3) is 5.77. The van der Waals surface area contributed by atoms with Crippen molar-refractivity contribution in [3.05, 3.63) is 136 Å². The maximum absolute atomic E-state index is 13.1. The van der Waals surface area contributed by atoms with Crippen molar-refractivity contribution in [1.29, 1.82) is 0 Å². The largest absolute Gasteiger partial charge is 0.351 e. The van der Waals surface area contributed by atoms with Crippen molar-refractivity contribution in [2.75, 3.05) is 0 Å². The average Bonchev–Trinajstić information content (AvgIpc) is 2.84. The number of hydrogen-bond donors (Lipinski definition) is 1. The van der Waals surface area contributed by atoms with Crippen molar-refractivity contribution in [2.24, 2.45) is 0 Å². The van der Waals surface area contributed by atoms with Gasteiger partial charge in [-0.1, -0.05) is 78.9 Å². The first kappa shape index (κ1) is 21.7. The highest BCUT2D eigenvalue weighted by Gasteiger charge is 2.21. The summed E-state index contributed by atoms with van der Waals surface area (Å²) >= 11 is 1.55. The summed E-state index contributed by atoms with van der Waals surface area (Å²) in [6.45, 7) is 0.971. The Balaban J connectivity index is 1.41. The number of hydrogen-bond acceptors (Lipinski definition) is 3. The van der Waals surface area contributed by atoms with Crippen LogP contribution in [0.3, 0.4) is 0 Å². The topological polar surface area (TPSA) is 51.1 Å². The smallest absolute Gasteiger partial charge is 0.250 e. The SMILES string of the molecule is O=C(NCc1ccc(Cn2ccccc2=O)cc1)[C@H](Sc1ccccc1)c1ccccc1. The first-order valence-corrected chi connectivity index (χ1v) is 11.3. The Morgan fingerprint density at radius 3 is 2.09 bits per heavy atom. The third-order valence-electron chi connectivity index (χ3n) is 5.08. The molecular weight excluding hydrogens is 416 g/mol. The van der Waals surface area contributed by atoms with E-state index < -0.39 is 0 Å². The molecule has 0 saturated heterocycles. The Morgan fingerprint density at radius 1 is 0.781 bits per heavy atom. The minimum absolute atomic E-state index is 0.0216. The minimum atomic E-state index is -0.331. The number of rotatable bonds is 8.